The molecule has 0 heterocycles. The van der Waals surface area contributed by atoms with E-state index in [9.17, 15) is 4.79 Å². The van der Waals surface area contributed by atoms with E-state index < -0.39 is 6.09 Å². The first-order chi connectivity index (χ1) is 7.06. The average Bonchev–Trinajstić information content (AvgIpc) is 2.19. The lowest BCUT2D eigenvalue weighted by molar-refractivity contribution is 0.182. The van der Waals surface area contributed by atoms with Gasteiger partial charge < -0.3 is 10.5 Å². The van der Waals surface area contributed by atoms with Crippen LogP contribution in [0.4, 0.5) is 4.79 Å². The Kier molecular flexibility index (Phi) is 7.06. The summed E-state index contributed by atoms with van der Waals surface area (Å²) in [5, 5.41) is 0. The minimum absolute atomic E-state index is 0.745. The summed E-state index contributed by atoms with van der Waals surface area (Å²) in [5.41, 5.74) is 5.87. The maximum absolute atomic E-state index is 9.37. The number of methoxy groups -OCH3 is 1. The van der Waals surface area contributed by atoms with Crippen LogP contribution in [0.25, 0.3) is 0 Å². The van der Waals surface area contributed by atoms with E-state index in [1.807, 2.05) is 0 Å². The Morgan fingerprint density at radius 3 is 2.13 bits per heavy atom. The highest BCUT2D eigenvalue weighted by atomic mass is 16.5. The standard InChI is InChI=1S/C10H14.C2H5NO2/c1-9(2)8-10-6-4-3-5-7-10;1-5-2(3)4/h3-7,9H,8H2,1-2H3;1H3,(H2,3,4). The summed E-state index contributed by atoms with van der Waals surface area (Å²) >= 11 is 0. The van der Waals surface area contributed by atoms with Crippen LogP contribution < -0.4 is 5.73 Å². The normalized spacial score (nSPS) is 9.07. The highest BCUT2D eigenvalue weighted by molar-refractivity contribution is 5.64. The first-order valence-corrected chi connectivity index (χ1v) is 4.93. The summed E-state index contributed by atoms with van der Waals surface area (Å²) in [7, 11) is 1.22. The molecule has 15 heavy (non-hydrogen) atoms. The molecule has 0 fully saturated rings. The van der Waals surface area contributed by atoms with E-state index in [1.54, 1.807) is 0 Å². The lowest BCUT2D eigenvalue weighted by atomic mass is 10.0. The molecule has 1 aromatic rings. The second-order valence-electron chi connectivity index (χ2n) is 3.61. The van der Waals surface area contributed by atoms with Crippen molar-refractivity contribution in [3.8, 4) is 0 Å². The van der Waals surface area contributed by atoms with Gasteiger partial charge in [0, 0.05) is 0 Å². The lowest BCUT2D eigenvalue weighted by Gasteiger charge is -2.02. The molecule has 0 bridgehead atoms. The summed E-state index contributed by atoms with van der Waals surface area (Å²) in [6.45, 7) is 4.49. The quantitative estimate of drug-likeness (QED) is 0.814. The summed E-state index contributed by atoms with van der Waals surface area (Å²) in [6, 6.07) is 10.6. The number of carbonyl (C=O) groups excluding carboxylic acids is 1. The Hall–Kier alpha value is -1.51. The molecular formula is C12H19NO2. The molecular weight excluding hydrogens is 190 g/mol. The third-order valence-electron chi connectivity index (χ3n) is 1.69. The minimum atomic E-state index is -0.745. The van der Waals surface area contributed by atoms with E-state index in [1.165, 1.54) is 19.1 Å². The first kappa shape index (κ1) is 13.5. The van der Waals surface area contributed by atoms with Crippen molar-refractivity contribution in [3.05, 3.63) is 35.9 Å². The SMILES string of the molecule is CC(C)Cc1ccccc1.COC(N)=O. The Bertz CT molecular complexity index is 270. The molecule has 3 nitrogen and oxygen atoms in total. The molecule has 84 valence electrons. The van der Waals surface area contributed by atoms with Gasteiger partial charge >= 0.3 is 6.09 Å². The van der Waals surface area contributed by atoms with E-state index in [0.717, 1.165) is 5.92 Å². The van der Waals surface area contributed by atoms with Crippen LogP contribution in [-0.4, -0.2) is 13.2 Å². The molecule has 0 radical (unpaired) electrons. The predicted octanol–water partition coefficient (Wildman–Crippen LogP) is 2.60. The number of rotatable bonds is 2. The van der Waals surface area contributed by atoms with Crippen LogP contribution in [0.2, 0.25) is 0 Å². The molecule has 0 aromatic heterocycles. The maximum Gasteiger partial charge on any atom is 0.404 e. The van der Waals surface area contributed by atoms with Gasteiger partial charge in [-0.2, -0.15) is 0 Å². The number of hydrogen-bond donors (Lipinski definition) is 1. The zero-order valence-corrected chi connectivity index (χ0v) is 9.57. The van der Waals surface area contributed by atoms with Crippen LogP contribution in [0.1, 0.15) is 19.4 Å². The van der Waals surface area contributed by atoms with E-state index in [4.69, 9.17) is 0 Å². The van der Waals surface area contributed by atoms with Gasteiger partial charge in [-0.05, 0) is 17.9 Å². The van der Waals surface area contributed by atoms with Gasteiger partial charge in [-0.3, -0.25) is 0 Å². The molecule has 0 aliphatic rings. The van der Waals surface area contributed by atoms with Crippen molar-refractivity contribution >= 4 is 6.09 Å². The molecule has 0 saturated carbocycles. The Labute approximate surface area is 91.2 Å². The smallest absolute Gasteiger partial charge is 0.404 e. The van der Waals surface area contributed by atoms with Crippen LogP contribution in [0.15, 0.2) is 30.3 Å². The van der Waals surface area contributed by atoms with Gasteiger partial charge in [0.15, 0.2) is 0 Å². The van der Waals surface area contributed by atoms with Gasteiger partial charge in [-0.15, -0.1) is 0 Å². The second kappa shape index (κ2) is 7.85. The number of nitrogens with two attached hydrogens (primary N) is 1. The molecule has 0 atom stereocenters. The molecule has 0 saturated heterocycles. The number of ether oxygens (including phenoxy) is 1. The van der Waals surface area contributed by atoms with Crippen LogP contribution in [0.5, 0.6) is 0 Å². The van der Waals surface area contributed by atoms with Crippen LogP contribution in [-0.2, 0) is 11.2 Å². The molecule has 0 unspecified atom stereocenters. The molecule has 0 spiro atoms. The molecule has 2 N–H and O–H groups in total. The largest absolute Gasteiger partial charge is 0.453 e. The summed E-state index contributed by atoms with van der Waals surface area (Å²) in [6.07, 6.45) is 0.450. The average molecular weight is 209 g/mol. The number of amides is 1. The molecule has 1 amide bonds. The highest BCUT2D eigenvalue weighted by Crippen LogP contribution is 2.05. The van der Waals surface area contributed by atoms with Crippen molar-refractivity contribution < 1.29 is 9.53 Å². The monoisotopic (exact) mass is 209 g/mol. The van der Waals surface area contributed by atoms with Crippen molar-refractivity contribution in [1.82, 2.24) is 0 Å². The fourth-order valence-corrected chi connectivity index (χ4v) is 1.09. The van der Waals surface area contributed by atoms with Gasteiger partial charge in [-0.1, -0.05) is 44.2 Å². The Morgan fingerprint density at radius 1 is 1.33 bits per heavy atom. The summed E-state index contributed by atoms with van der Waals surface area (Å²) < 4.78 is 3.89. The Balaban J connectivity index is 0.000000336. The van der Waals surface area contributed by atoms with E-state index in [-0.39, 0.29) is 0 Å². The molecule has 3 heteroatoms. The van der Waals surface area contributed by atoms with Gasteiger partial charge in [0.25, 0.3) is 0 Å². The van der Waals surface area contributed by atoms with E-state index >= 15 is 0 Å². The maximum atomic E-state index is 9.37. The number of hydrogen-bond acceptors (Lipinski definition) is 2. The summed E-state index contributed by atoms with van der Waals surface area (Å²) in [4.78, 5) is 9.37. The fourth-order valence-electron chi connectivity index (χ4n) is 1.09. The van der Waals surface area contributed by atoms with Crippen molar-refractivity contribution in [3.63, 3.8) is 0 Å². The topological polar surface area (TPSA) is 52.3 Å². The molecule has 1 rings (SSSR count). The van der Waals surface area contributed by atoms with Crippen LogP contribution in [0.3, 0.4) is 0 Å². The van der Waals surface area contributed by atoms with Crippen molar-refractivity contribution in [2.24, 2.45) is 11.7 Å². The molecule has 0 aliphatic carbocycles. The number of carbonyl (C=O) groups is 1. The zero-order valence-electron chi connectivity index (χ0n) is 9.57. The summed E-state index contributed by atoms with van der Waals surface area (Å²) in [5.74, 6) is 0.766. The van der Waals surface area contributed by atoms with Crippen LogP contribution in [0, 0.1) is 5.92 Å². The van der Waals surface area contributed by atoms with Gasteiger partial charge in [0.1, 0.15) is 0 Å². The number of primary amides is 1. The van der Waals surface area contributed by atoms with Crippen LogP contribution >= 0.6 is 0 Å². The predicted molar refractivity (Wildman–Crippen MR) is 61.6 cm³/mol. The van der Waals surface area contributed by atoms with Gasteiger partial charge in [0.2, 0.25) is 0 Å². The first-order valence-electron chi connectivity index (χ1n) is 4.93. The van der Waals surface area contributed by atoms with E-state index in [2.05, 4.69) is 54.6 Å². The third-order valence-corrected chi connectivity index (χ3v) is 1.69. The third kappa shape index (κ3) is 8.81. The molecule has 0 aliphatic heterocycles. The number of benzene rings is 1. The van der Waals surface area contributed by atoms with E-state index in [0.29, 0.717) is 0 Å². The van der Waals surface area contributed by atoms with Gasteiger partial charge in [0.05, 0.1) is 7.11 Å². The van der Waals surface area contributed by atoms with Crippen molar-refractivity contribution in [2.75, 3.05) is 7.11 Å². The fraction of sp³-hybridized carbons (Fsp3) is 0.417. The Morgan fingerprint density at radius 2 is 1.80 bits per heavy atom. The minimum Gasteiger partial charge on any atom is -0.453 e. The zero-order chi connectivity index (χ0) is 11.7. The highest BCUT2D eigenvalue weighted by Gasteiger charge is 1.94. The van der Waals surface area contributed by atoms with Crippen molar-refractivity contribution in [1.29, 1.82) is 0 Å². The van der Waals surface area contributed by atoms with Gasteiger partial charge in [-0.25, -0.2) is 4.79 Å². The lowest BCUT2D eigenvalue weighted by Crippen LogP contribution is -2.08. The van der Waals surface area contributed by atoms with Crippen molar-refractivity contribution in [2.45, 2.75) is 20.3 Å². The molecule has 1 aromatic carbocycles. The second-order valence-corrected chi connectivity index (χ2v) is 3.61.